The van der Waals surface area contributed by atoms with Gasteiger partial charge in [0.2, 0.25) is 0 Å². The van der Waals surface area contributed by atoms with E-state index in [0.717, 1.165) is 24.3 Å². The third-order valence-corrected chi connectivity index (χ3v) is 4.03. The molecule has 3 aliphatic rings. The van der Waals surface area contributed by atoms with E-state index in [1.54, 1.807) is 7.11 Å². The molecule has 0 atom stereocenters. The summed E-state index contributed by atoms with van der Waals surface area (Å²) in [6.07, 6.45) is 7.01. The summed E-state index contributed by atoms with van der Waals surface area (Å²) in [4.78, 5) is 0. The zero-order chi connectivity index (χ0) is 12.5. The molecule has 94 valence electrons. The molecular weight excluding hydrogens is 226 g/mol. The SMILES string of the molecule is COc1ccc(N2C3CCC(CC3)N2C#N)cc1. The smallest absolute Gasteiger partial charge is 0.200 e. The number of methoxy groups -OCH3 is 1. The molecule has 0 N–H and O–H groups in total. The molecule has 0 amide bonds. The van der Waals surface area contributed by atoms with Gasteiger partial charge in [0, 0.05) is 0 Å². The number of nitrogens with zero attached hydrogens (tertiary/aromatic N) is 3. The Bertz CT molecular complexity index is 457. The van der Waals surface area contributed by atoms with Crippen molar-refractivity contribution in [3.05, 3.63) is 24.3 Å². The molecule has 0 aromatic heterocycles. The number of benzene rings is 1. The van der Waals surface area contributed by atoms with Crippen LogP contribution in [0.5, 0.6) is 5.75 Å². The van der Waals surface area contributed by atoms with Crippen molar-refractivity contribution in [2.75, 3.05) is 12.1 Å². The first kappa shape index (κ1) is 11.2. The Labute approximate surface area is 107 Å². The fraction of sp³-hybridized carbons (Fsp3) is 0.500. The predicted molar refractivity (Wildman–Crippen MR) is 69.0 cm³/mol. The van der Waals surface area contributed by atoms with Gasteiger partial charge in [-0.2, -0.15) is 5.26 Å². The molecule has 4 nitrogen and oxygen atoms in total. The summed E-state index contributed by atoms with van der Waals surface area (Å²) in [6, 6.07) is 8.83. The maximum Gasteiger partial charge on any atom is 0.200 e. The maximum atomic E-state index is 9.36. The quantitative estimate of drug-likeness (QED) is 0.748. The summed E-state index contributed by atoms with van der Waals surface area (Å²) in [7, 11) is 1.67. The molecule has 2 aliphatic heterocycles. The Morgan fingerprint density at radius 3 is 2.28 bits per heavy atom. The van der Waals surface area contributed by atoms with E-state index in [1.807, 2.05) is 29.3 Å². The average molecular weight is 243 g/mol. The van der Waals surface area contributed by atoms with Crippen molar-refractivity contribution in [2.24, 2.45) is 0 Å². The Morgan fingerprint density at radius 2 is 1.72 bits per heavy atom. The lowest BCUT2D eigenvalue weighted by molar-refractivity contribution is 0.110. The average Bonchev–Trinajstić information content (AvgIpc) is 2.47. The fourth-order valence-corrected chi connectivity index (χ4v) is 3.10. The summed E-state index contributed by atoms with van der Waals surface area (Å²) in [5, 5.41) is 13.4. The molecule has 1 aliphatic carbocycles. The van der Waals surface area contributed by atoms with Crippen molar-refractivity contribution in [1.82, 2.24) is 5.01 Å². The van der Waals surface area contributed by atoms with E-state index >= 15 is 0 Å². The van der Waals surface area contributed by atoms with E-state index in [1.165, 1.54) is 12.8 Å². The van der Waals surface area contributed by atoms with Gasteiger partial charge in [-0.3, -0.25) is 5.01 Å². The van der Waals surface area contributed by atoms with Crippen LogP contribution in [0, 0.1) is 11.5 Å². The molecule has 4 heteroatoms. The molecule has 2 saturated heterocycles. The first-order chi connectivity index (χ1) is 8.83. The normalized spacial score (nSPS) is 26.0. The molecule has 2 bridgehead atoms. The highest BCUT2D eigenvalue weighted by atomic mass is 16.5. The van der Waals surface area contributed by atoms with Crippen LogP contribution < -0.4 is 9.75 Å². The number of hydrogen-bond donors (Lipinski definition) is 0. The van der Waals surface area contributed by atoms with Gasteiger partial charge in [0.25, 0.3) is 0 Å². The molecule has 0 radical (unpaired) electrons. The minimum Gasteiger partial charge on any atom is -0.497 e. The number of hydrazine groups is 1. The van der Waals surface area contributed by atoms with Crippen molar-refractivity contribution in [1.29, 1.82) is 5.26 Å². The van der Waals surface area contributed by atoms with Crippen molar-refractivity contribution < 1.29 is 4.74 Å². The summed E-state index contributed by atoms with van der Waals surface area (Å²) in [5.74, 6) is 0.851. The number of anilines is 1. The molecule has 2 heterocycles. The molecule has 3 fully saturated rings. The van der Waals surface area contributed by atoms with Gasteiger partial charge in [-0.25, -0.2) is 5.01 Å². The molecule has 0 unspecified atom stereocenters. The number of rotatable bonds is 2. The number of ether oxygens (including phenoxy) is 1. The predicted octanol–water partition coefficient (Wildman–Crippen LogP) is 2.52. The van der Waals surface area contributed by atoms with Crippen molar-refractivity contribution in [2.45, 2.75) is 37.8 Å². The Balaban J connectivity index is 1.91. The van der Waals surface area contributed by atoms with Gasteiger partial charge in [-0.15, -0.1) is 0 Å². The summed E-state index contributed by atoms with van der Waals surface area (Å²) in [6.45, 7) is 0. The van der Waals surface area contributed by atoms with Crippen LogP contribution in [0.3, 0.4) is 0 Å². The monoisotopic (exact) mass is 243 g/mol. The van der Waals surface area contributed by atoms with Gasteiger partial charge < -0.3 is 4.74 Å². The van der Waals surface area contributed by atoms with Crippen molar-refractivity contribution >= 4 is 5.69 Å². The van der Waals surface area contributed by atoms with E-state index in [2.05, 4.69) is 11.2 Å². The molecule has 1 aromatic rings. The van der Waals surface area contributed by atoms with Crippen molar-refractivity contribution in [3.63, 3.8) is 0 Å². The lowest BCUT2D eigenvalue weighted by atomic mass is 9.87. The zero-order valence-corrected chi connectivity index (χ0v) is 10.5. The maximum absolute atomic E-state index is 9.36. The van der Waals surface area contributed by atoms with Crippen LogP contribution in [0.15, 0.2) is 24.3 Å². The van der Waals surface area contributed by atoms with E-state index < -0.39 is 0 Å². The standard InChI is InChI=1S/C14H17N3O/c1-18-14-8-6-13(7-9-14)17-12-4-2-11(3-5-12)16(17)10-15/h6-9,11-12H,2-5H2,1H3. The number of hydrogen-bond acceptors (Lipinski definition) is 4. The minimum absolute atomic E-state index is 0.391. The third-order valence-electron chi connectivity index (χ3n) is 4.03. The van der Waals surface area contributed by atoms with Gasteiger partial charge in [0.1, 0.15) is 5.75 Å². The van der Waals surface area contributed by atoms with Gasteiger partial charge in [0.15, 0.2) is 6.19 Å². The Hall–Kier alpha value is -1.89. The summed E-state index contributed by atoms with van der Waals surface area (Å²) >= 11 is 0. The van der Waals surface area contributed by atoms with Crippen LogP contribution in [0.4, 0.5) is 5.69 Å². The minimum atomic E-state index is 0.391. The Morgan fingerprint density at radius 1 is 1.11 bits per heavy atom. The number of nitriles is 1. The molecule has 1 aromatic carbocycles. The highest BCUT2D eigenvalue weighted by Gasteiger charge is 2.40. The van der Waals surface area contributed by atoms with E-state index in [4.69, 9.17) is 4.74 Å². The van der Waals surface area contributed by atoms with Gasteiger partial charge >= 0.3 is 0 Å². The van der Waals surface area contributed by atoms with Crippen LogP contribution in [0.2, 0.25) is 0 Å². The topological polar surface area (TPSA) is 39.5 Å². The largest absolute Gasteiger partial charge is 0.497 e. The lowest BCUT2D eigenvalue weighted by Gasteiger charge is -2.51. The fourth-order valence-electron chi connectivity index (χ4n) is 3.10. The third kappa shape index (κ3) is 1.67. The van der Waals surface area contributed by atoms with Gasteiger partial charge in [-0.05, 0) is 49.9 Å². The van der Waals surface area contributed by atoms with Crippen LogP contribution in [0.1, 0.15) is 25.7 Å². The highest BCUT2D eigenvalue weighted by molar-refractivity contribution is 5.50. The van der Waals surface area contributed by atoms with E-state index in [9.17, 15) is 5.26 Å². The van der Waals surface area contributed by atoms with Crippen molar-refractivity contribution in [3.8, 4) is 11.9 Å². The van der Waals surface area contributed by atoms with E-state index in [0.29, 0.717) is 12.1 Å². The summed E-state index contributed by atoms with van der Waals surface area (Å²) in [5.41, 5.74) is 1.09. The highest BCUT2D eigenvalue weighted by Crippen LogP contribution is 2.38. The second kappa shape index (κ2) is 4.41. The second-order valence-corrected chi connectivity index (χ2v) is 4.95. The van der Waals surface area contributed by atoms with Gasteiger partial charge in [0.05, 0.1) is 24.9 Å². The summed E-state index contributed by atoms with van der Waals surface area (Å²) < 4.78 is 5.17. The molecule has 1 saturated carbocycles. The molecule has 4 rings (SSSR count). The van der Waals surface area contributed by atoms with Crippen LogP contribution in [-0.4, -0.2) is 24.2 Å². The second-order valence-electron chi connectivity index (χ2n) is 4.95. The first-order valence-electron chi connectivity index (χ1n) is 6.45. The zero-order valence-electron chi connectivity index (χ0n) is 10.5. The Kier molecular flexibility index (Phi) is 2.75. The molecule has 0 spiro atoms. The number of fused-ring (bicyclic) bond motifs is 3. The first-order valence-corrected chi connectivity index (χ1v) is 6.45. The van der Waals surface area contributed by atoms with Crippen LogP contribution in [-0.2, 0) is 0 Å². The van der Waals surface area contributed by atoms with E-state index in [-0.39, 0.29) is 0 Å². The molecule has 18 heavy (non-hydrogen) atoms. The van der Waals surface area contributed by atoms with Crippen LogP contribution >= 0.6 is 0 Å². The lowest BCUT2D eigenvalue weighted by Crippen LogP contribution is -2.59. The van der Waals surface area contributed by atoms with Gasteiger partial charge in [-0.1, -0.05) is 0 Å². The van der Waals surface area contributed by atoms with Crippen LogP contribution in [0.25, 0.3) is 0 Å². The molecular formula is C14H17N3O.